The van der Waals surface area contributed by atoms with E-state index in [1.165, 1.54) is 0 Å². The molecule has 0 N–H and O–H groups in total. The Morgan fingerprint density at radius 3 is 2.57 bits per heavy atom. The van der Waals surface area contributed by atoms with Gasteiger partial charge in [0.25, 0.3) is 0 Å². The first-order valence-electron chi connectivity index (χ1n) is 2.32. The van der Waals surface area contributed by atoms with Gasteiger partial charge in [-0.2, -0.15) is 0 Å². The van der Waals surface area contributed by atoms with Gasteiger partial charge < -0.3 is 4.43 Å². The fourth-order valence-corrected chi connectivity index (χ4v) is 0.585. The van der Waals surface area contributed by atoms with E-state index in [1.54, 1.807) is 0 Å². The molecule has 0 saturated heterocycles. The number of hydrogen-bond acceptors (Lipinski definition) is 2. The molecule has 0 radical (unpaired) electrons. The van der Waals surface area contributed by atoms with Gasteiger partial charge in [0, 0.05) is 6.42 Å². The lowest BCUT2D eigenvalue weighted by molar-refractivity contribution is -0.120. The van der Waals surface area contributed by atoms with Crippen LogP contribution >= 0.6 is 0 Å². The molecule has 0 bridgehead atoms. The highest BCUT2D eigenvalue weighted by molar-refractivity contribution is 5.99. The van der Waals surface area contributed by atoms with E-state index in [0.29, 0.717) is 23.5 Å². The summed E-state index contributed by atoms with van der Waals surface area (Å²) in [6, 6.07) is 0. The molecule has 0 atom stereocenters. The van der Waals surface area contributed by atoms with Crippen molar-refractivity contribution in [2.75, 3.05) is 6.61 Å². The third-order valence-electron chi connectivity index (χ3n) is 0.700. The molecule has 0 aromatic rings. The molecular formula is C4H10O2Si. The second kappa shape index (κ2) is 4.02. The average Bonchev–Trinajstić information content (AvgIpc) is 1.68. The van der Waals surface area contributed by atoms with Crippen molar-refractivity contribution >= 4 is 16.3 Å². The largest absolute Gasteiger partial charge is 0.421 e. The minimum Gasteiger partial charge on any atom is -0.421 e. The number of ketones is 1. The molecule has 0 saturated carbocycles. The molecular weight excluding hydrogens is 108 g/mol. The maximum absolute atomic E-state index is 10.3. The van der Waals surface area contributed by atoms with Crippen molar-refractivity contribution in [3.05, 3.63) is 0 Å². The summed E-state index contributed by atoms with van der Waals surface area (Å²) in [6.07, 6.45) is 0.599. The SMILES string of the molecule is CCC(=O)CO[SiH3]. The van der Waals surface area contributed by atoms with Crippen molar-refractivity contribution in [1.82, 2.24) is 0 Å². The van der Waals surface area contributed by atoms with Gasteiger partial charge in [0.2, 0.25) is 0 Å². The minimum atomic E-state index is 0.190. The van der Waals surface area contributed by atoms with E-state index in [1.807, 2.05) is 6.92 Å². The third-order valence-corrected chi connectivity index (χ3v) is 0.988. The number of rotatable bonds is 3. The smallest absolute Gasteiger partial charge is 0.156 e. The Bertz CT molecular complexity index is 62.7. The van der Waals surface area contributed by atoms with Gasteiger partial charge in [0.1, 0.15) is 10.5 Å². The van der Waals surface area contributed by atoms with Crippen LogP contribution < -0.4 is 0 Å². The predicted molar refractivity (Wildman–Crippen MR) is 31.2 cm³/mol. The number of hydrogen-bond donors (Lipinski definition) is 0. The van der Waals surface area contributed by atoms with E-state index < -0.39 is 0 Å². The van der Waals surface area contributed by atoms with E-state index in [9.17, 15) is 4.79 Å². The van der Waals surface area contributed by atoms with Crippen LogP contribution in [0.3, 0.4) is 0 Å². The van der Waals surface area contributed by atoms with Crippen LogP contribution in [-0.2, 0) is 9.22 Å². The number of Topliss-reactive ketones (excluding diaryl/α,β-unsaturated/α-hetero) is 1. The highest BCUT2D eigenvalue weighted by Gasteiger charge is 1.91. The molecule has 0 aliphatic carbocycles. The zero-order valence-corrected chi connectivity index (χ0v) is 6.73. The molecule has 0 rings (SSSR count). The summed E-state index contributed by atoms with van der Waals surface area (Å²) < 4.78 is 4.68. The maximum Gasteiger partial charge on any atom is 0.156 e. The number of carbonyl (C=O) groups is 1. The Morgan fingerprint density at radius 2 is 2.43 bits per heavy atom. The van der Waals surface area contributed by atoms with Gasteiger partial charge in [0.05, 0.1) is 6.61 Å². The minimum absolute atomic E-state index is 0.190. The van der Waals surface area contributed by atoms with Gasteiger partial charge in [0.15, 0.2) is 5.78 Å². The molecule has 0 unspecified atom stereocenters. The lowest BCUT2D eigenvalue weighted by atomic mass is 10.3. The molecule has 0 aliphatic heterocycles. The monoisotopic (exact) mass is 118 g/mol. The fraction of sp³-hybridized carbons (Fsp3) is 0.750. The summed E-state index contributed by atoms with van der Waals surface area (Å²) in [5.41, 5.74) is 0. The second-order valence-electron chi connectivity index (χ2n) is 1.33. The Morgan fingerprint density at radius 1 is 1.86 bits per heavy atom. The van der Waals surface area contributed by atoms with Crippen LogP contribution in [0.4, 0.5) is 0 Å². The van der Waals surface area contributed by atoms with E-state index >= 15 is 0 Å². The van der Waals surface area contributed by atoms with Crippen molar-refractivity contribution in [2.45, 2.75) is 13.3 Å². The first kappa shape index (κ1) is 6.85. The molecule has 0 fully saturated rings. The molecule has 0 spiro atoms. The molecule has 0 amide bonds. The fourth-order valence-electron chi connectivity index (χ4n) is 0.263. The lowest BCUT2D eigenvalue weighted by Crippen LogP contribution is -2.03. The Balaban J connectivity index is 3.00. The van der Waals surface area contributed by atoms with Crippen LogP contribution in [0.2, 0.25) is 0 Å². The summed E-state index contributed by atoms with van der Waals surface area (Å²) in [6.45, 7) is 2.16. The first-order chi connectivity index (χ1) is 3.31. The highest BCUT2D eigenvalue weighted by Crippen LogP contribution is 1.77. The maximum atomic E-state index is 10.3. The van der Waals surface area contributed by atoms with Gasteiger partial charge in [-0.1, -0.05) is 6.92 Å². The summed E-state index contributed by atoms with van der Waals surface area (Å²) in [5, 5.41) is 0. The molecule has 0 aromatic carbocycles. The van der Waals surface area contributed by atoms with Crippen LogP contribution in [0.1, 0.15) is 13.3 Å². The predicted octanol–water partition coefficient (Wildman–Crippen LogP) is -0.738. The van der Waals surface area contributed by atoms with Gasteiger partial charge in [-0.3, -0.25) is 4.79 Å². The lowest BCUT2D eigenvalue weighted by Gasteiger charge is -1.90. The van der Waals surface area contributed by atoms with E-state index in [2.05, 4.69) is 4.43 Å². The molecule has 0 aromatic heterocycles. The van der Waals surface area contributed by atoms with Crippen LogP contribution in [0.5, 0.6) is 0 Å². The van der Waals surface area contributed by atoms with Crippen LogP contribution in [0.15, 0.2) is 0 Å². The summed E-state index contributed by atoms with van der Waals surface area (Å²) in [7, 11) is 0.671. The van der Waals surface area contributed by atoms with Crippen molar-refractivity contribution < 1.29 is 9.22 Å². The molecule has 2 nitrogen and oxygen atoms in total. The van der Waals surface area contributed by atoms with Gasteiger partial charge in [-0.15, -0.1) is 0 Å². The molecule has 0 heterocycles. The number of carbonyl (C=O) groups excluding carboxylic acids is 1. The Labute approximate surface area is 46.4 Å². The summed E-state index contributed by atoms with van der Waals surface area (Å²) in [5.74, 6) is 0.190. The zero-order valence-electron chi connectivity index (χ0n) is 4.73. The molecule has 42 valence electrons. The van der Waals surface area contributed by atoms with Crippen LogP contribution in [0.25, 0.3) is 0 Å². The van der Waals surface area contributed by atoms with E-state index in [0.717, 1.165) is 0 Å². The van der Waals surface area contributed by atoms with Crippen LogP contribution in [-0.4, -0.2) is 22.9 Å². The molecule has 0 aliphatic rings. The van der Waals surface area contributed by atoms with Gasteiger partial charge in [-0.05, 0) is 0 Å². The Hall–Kier alpha value is -0.153. The van der Waals surface area contributed by atoms with Crippen molar-refractivity contribution in [1.29, 1.82) is 0 Å². The quantitative estimate of drug-likeness (QED) is 0.456. The zero-order chi connectivity index (χ0) is 5.70. The normalized spacial score (nSPS) is 9.29. The van der Waals surface area contributed by atoms with Gasteiger partial charge in [-0.25, -0.2) is 0 Å². The standard InChI is InChI=1S/C4H10O2Si/c1-2-4(5)3-6-7/h2-3H2,1,7H3. The van der Waals surface area contributed by atoms with Crippen molar-refractivity contribution in [3.8, 4) is 0 Å². The summed E-state index contributed by atoms with van der Waals surface area (Å²) >= 11 is 0. The van der Waals surface area contributed by atoms with Crippen molar-refractivity contribution in [3.63, 3.8) is 0 Å². The summed E-state index contributed by atoms with van der Waals surface area (Å²) in [4.78, 5) is 10.3. The second-order valence-corrected chi connectivity index (χ2v) is 1.90. The Kier molecular flexibility index (Phi) is 3.93. The highest BCUT2D eigenvalue weighted by atomic mass is 28.2. The van der Waals surface area contributed by atoms with E-state index in [4.69, 9.17) is 0 Å². The van der Waals surface area contributed by atoms with Crippen molar-refractivity contribution in [2.24, 2.45) is 0 Å². The topological polar surface area (TPSA) is 26.3 Å². The third kappa shape index (κ3) is 3.68. The molecule has 3 heteroatoms. The first-order valence-corrected chi connectivity index (χ1v) is 3.13. The van der Waals surface area contributed by atoms with Gasteiger partial charge >= 0.3 is 0 Å². The molecule has 7 heavy (non-hydrogen) atoms. The van der Waals surface area contributed by atoms with E-state index in [-0.39, 0.29) is 5.78 Å². The van der Waals surface area contributed by atoms with Crippen LogP contribution in [0, 0.1) is 0 Å². The average molecular weight is 118 g/mol.